The van der Waals surface area contributed by atoms with E-state index in [4.69, 9.17) is 0 Å². The Morgan fingerprint density at radius 3 is 2.75 bits per heavy atom. The quantitative estimate of drug-likeness (QED) is 0.796. The minimum Gasteiger partial charge on any atom is -0.393 e. The molecule has 0 aromatic heterocycles. The van der Waals surface area contributed by atoms with Crippen molar-refractivity contribution in [3.63, 3.8) is 0 Å². The van der Waals surface area contributed by atoms with Crippen molar-refractivity contribution in [2.75, 3.05) is 12.3 Å². The van der Waals surface area contributed by atoms with Crippen LogP contribution in [0.1, 0.15) is 24.0 Å². The molecule has 5 heteroatoms. The van der Waals surface area contributed by atoms with Gasteiger partial charge in [0.05, 0.1) is 11.9 Å². The van der Waals surface area contributed by atoms with Crippen LogP contribution >= 0.6 is 27.7 Å². The maximum atomic E-state index is 11.8. The van der Waals surface area contributed by atoms with Crippen LogP contribution in [0.15, 0.2) is 21.5 Å². The summed E-state index contributed by atoms with van der Waals surface area (Å²) < 4.78 is 1.10. The number of hydrogen-bond donors (Lipinski definition) is 2. The molecule has 1 saturated carbocycles. The minimum atomic E-state index is -0.153. The molecule has 0 unspecified atom stereocenters. The average molecular weight is 358 g/mol. The summed E-state index contributed by atoms with van der Waals surface area (Å²) in [5.74, 6) is 0.962. The molecule has 1 aromatic carbocycles. The number of hydrogen-bond acceptors (Lipinski definition) is 3. The topological polar surface area (TPSA) is 49.3 Å². The van der Waals surface area contributed by atoms with Gasteiger partial charge in [-0.3, -0.25) is 4.79 Å². The Morgan fingerprint density at radius 1 is 1.40 bits per heavy atom. The highest BCUT2D eigenvalue weighted by Gasteiger charge is 2.27. The summed E-state index contributed by atoms with van der Waals surface area (Å²) in [5, 5.41) is 12.1. The lowest BCUT2D eigenvalue weighted by Gasteiger charge is -2.31. The number of nitrogens with one attached hydrogen (secondary N) is 1. The first-order valence-electron chi connectivity index (χ1n) is 6.80. The Morgan fingerprint density at radius 2 is 2.10 bits per heavy atom. The molecule has 0 saturated heterocycles. The summed E-state index contributed by atoms with van der Waals surface area (Å²) >= 11 is 5.08. The highest BCUT2D eigenvalue weighted by Crippen LogP contribution is 2.28. The summed E-state index contributed by atoms with van der Waals surface area (Å²) in [6.45, 7) is 4.80. The number of rotatable bonds is 5. The molecule has 0 bridgehead atoms. The highest BCUT2D eigenvalue weighted by molar-refractivity contribution is 9.10. The van der Waals surface area contributed by atoms with E-state index in [9.17, 15) is 9.90 Å². The van der Waals surface area contributed by atoms with Crippen LogP contribution in [0, 0.1) is 19.8 Å². The SMILES string of the molecule is Cc1cc(SCC(=O)NCC2CC(O)C2)c(C)cc1Br. The maximum absolute atomic E-state index is 11.8. The third-order valence-corrected chi connectivity index (χ3v) is 5.63. The van der Waals surface area contributed by atoms with Gasteiger partial charge in [0.25, 0.3) is 0 Å². The van der Waals surface area contributed by atoms with Gasteiger partial charge in [0, 0.05) is 15.9 Å². The second kappa shape index (κ2) is 6.96. The maximum Gasteiger partial charge on any atom is 0.230 e. The lowest BCUT2D eigenvalue weighted by Crippen LogP contribution is -2.38. The third kappa shape index (κ3) is 4.24. The fourth-order valence-corrected chi connectivity index (χ4v) is 3.62. The molecule has 2 rings (SSSR count). The molecule has 1 aromatic rings. The molecule has 2 N–H and O–H groups in total. The number of amides is 1. The standard InChI is InChI=1S/C15H20BrNO2S/c1-9-4-14(10(2)3-13(9)16)20-8-15(19)17-7-11-5-12(18)6-11/h3-4,11-12,18H,5-8H2,1-2H3,(H,17,19). The van der Waals surface area contributed by atoms with E-state index < -0.39 is 0 Å². The van der Waals surface area contributed by atoms with Crippen LogP contribution in [-0.2, 0) is 4.79 Å². The summed E-state index contributed by atoms with van der Waals surface area (Å²) in [6, 6.07) is 4.20. The van der Waals surface area contributed by atoms with Gasteiger partial charge in [0.2, 0.25) is 5.91 Å². The van der Waals surface area contributed by atoms with Crippen LogP contribution in [0.2, 0.25) is 0 Å². The van der Waals surface area contributed by atoms with Crippen molar-refractivity contribution in [2.45, 2.75) is 37.7 Å². The van der Waals surface area contributed by atoms with Crippen LogP contribution in [0.5, 0.6) is 0 Å². The van der Waals surface area contributed by atoms with Crippen LogP contribution in [-0.4, -0.2) is 29.4 Å². The molecule has 0 aliphatic heterocycles. The number of aryl methyl sites for hydroxylation is 2. The number of carbonyl (C=O) groups excluding carboxylic acids is 1. The first-order chi connectivity index (χ1) is 9.45. The second-order valence-electron chi connectivity index (χ2n) is 5.45. The van der Waals surface area contributed by atoms with Crippen molar-refractivity contribution >= 4 is 33.6 Å². The largest absolute Gasteiger partial charge is 0.393 e. The molecular weight excluding hydrogens is 338 g/mol. The number of thioether (sulfide) groups is 1. The Balaban J connectivity index is 1.77. The summed E-state index contributed by atoms with van der Waals surface area (Å²) in [7, 11) is 0. The van der Waals surface area contributed by atoms with Gasteiger partial charge in [-0.1, -0.05) is 15.9 Å². The Bertz CT molecular complexity index is 501. The minimum absolute atomic E-state index is 0.0661. The predicted molar refractivity (Wildman–Crippen MR) is 86.1 cm³/mol. The Labute approximate surface area is 132 Å². The third-order valence-electron chi connectivity index (χ3n) is 3.61. The molecule has 0 heterocycles. The predicted octanol–water partition coefficient (Wildman–Crippen LogP) is 3.05. The number of aliphatic hydroxyl groups is 1. The highest BCUT2D eigenvalue weighted by atomic mass is 79.9. The van der Waals surface area contributed by atoms with E-state index in [1.165, 1.54) is 11.1 Å². The van der Waals surface area contributed by atoms with Gasteiger partial charge in [-0.15, -0.1) is 11.8 Å². The molecule has 3 nitrogen and oxygen atoms in total. The number of carbonyl (C=O) groups is 1. The molecule has 1 aliphatic rings. The zero-order valence-electron chi connectivity index (χ0n) is 11.8. The van der Waals surface area contributed by atoms with E-state index in [2.05, 4.69) is 47.2 Å². The Hall–Kier alpha value is -0.520. The van der Waals surface area contributed by atoms with Gasteiger partial charge in [-0.25, -0.2) is 0 Å². The molecule has 1 amide bonds. The average Bonchev–Trinajstić information content (AvgIpc) is 2.36. The molecule has 1 aliphatic carbocycles. The molecule has 0 atom stereocenters. The number of halogens is 1. The smallest absolute Gasteiger partial charge is 0.230 e. The van der Waals surface area contributed by atoms with Crippen molar-refractivity contribution in [1.29, 1.82) is 0 Å². The lowest BCUT2D eigenvalue weighted by atomic mass is 9.82. The van der Waals surface area contributed by atoms with E-state index >= 15 is 0 Å². The zero-order chi connectivity index (χ0) is 14.7. The summed E-state index contributed by atoms with van der Waals surface area (Å²) in [6.07, 6.45) is 1.48. The first kappa shape index (κ1) is 15.9. The molecule has 1 fully saturated rings. The van der Waals surface area contributed by atoms with E-state index in [1.54, 1.807) is 11.8 Å². The van der Waals surface area contributed by atoms with Crippen LogP contribution in [0.3, 0.4) is 0 Å². The molecule has 110 valence electrons. The van der Waals surface area contributed by atoms with Gasteiger partial charge in [0.1, 0.15) is 0 Å². The Kier molecular flexibility index (Phi) is 5.52. The lowest BCUT2D eigenvalue weighted by molar-refractivity contribution is -0.119. The van der Waals surface area contributed by atoms with E-state index in [0.29, 0.717) is 18.2 Å². The van der Waals surface area contributed by atoms with Gasteiger partial charge in [-0.05, 0) is 55.9 Å². The van der Waals surface area contributed by atoms with Crippen molar-refractivity contribution in [1.82, 2.24) is 5.32 Å². The fraction of sp³-hybridized carbons (Fsp3) is 0.533. The van der Waals surface area contributed by atoms with Crippen molar-refractivity contribution in [3.05, 3.63) is 27.7 Å². The second-order valence-corrected chi connectivity index (χ2v) is 7.32. The molecule has 0 radical (unpaired) electrons. The summed E-state index contributed by atoms with van der Waals surface area (Å²) in [5.41, 5.74) is 2.37. The van der Waals surface area contributed by atoms with E-state index in [0.717, 1.165) is 22.2 Å². The number of benzene rings is 1. The van der Waals surface area contributed by atoms with Crippen LogP contribution in [0.25, 0.3) is 0 Å². The molecule has 20 heavy (non-hydrogen) atoms. The zero-order valence-corrected chi connectivity index (χ0v) is 14.2. The van der Waals surface area contributed by atoms with Crippen LogP contribution in [0.4, 0.5) is 0 Å². The van der Waals surface area contributed by atoms with Gasteiger partial charge >= 0.3 is 0 Å². The normalized spacial score (nSPS) is 21.4. The van der Waals surface area contributed by atoms with Crippen molar-refractivity contribution in [2.24, 2.45) is 5.92 Å². The monoisotopic (exact) mass is 357 g/mol. The van der Waals surface area contributed by atoms with Crippen molar-refractivity contribution < 1.29 is 9.90 Å². The molecule has 0 spiro atoms. The molecular formula is C15H20BrNO2S. The van der Waals surface area contributed by atoms with Crippen LogP contribution < -0.4 is 5.32 Å². The van der Waals surface area contributed by atoms with E-state index in [1.807, 2.05) is 0 Å². The van der Waals surface area contributed by atoms with E-state index in [-0.39, 0.29) is 12.0 Å². The summed E-state index contributed by atoms with van der Waals surface area (Å²) in [4.78, 5) is 13.0. The van der Waals surface area contributed by atoms with Gasteiger partial charge in [-0.2, -0.15) is 0 Å². The van der Waals surface area contributed by atoms with Gasteiger partial charge in [0.15, 0.2) is 0 Å². The number of aliphatic hydroxyl groups excluding tert-OH is 1. The fourth-order valence-electron chi connectivity index (χ4n) is 2.23. The van der Waals surface area contributed by atoms with Crippen molar-refractivity contribution in [3.8, 4) is 0 Å². The van der Waals surface area contributed by atoms with Gasteiger partial charge < -0.3 is 10.4 Å². The first-order valence-corrected chi connectivity index (χ1v) is 8.58.